The summed E-state index contributed by atoms with van der Waals surface area (Å²) in [5, 5.41) is 11.0. The zero-order valence-corrected chi connectivity index (χ0v) is 12.9. The summed E-state index contributed by atoms with van der Waals surface area (Å²) in [5.41, 5.74) is 4.73. The zero-order valence-electron chi connectivity index (χ0n) is 12.9. The minimum atomic E-state index is -0.942. The van der Waals surface area contributed by atoms with Crippen LogP contribution in [0, 0.1) is 13.8 Å². The Morgan fingerprint density at radius 2 is 1.65 bits per heavy atom. The Hall–Kier alpha value is -1.60. The summed E-state index contributed by atoms with van der Waals surface area (Å²) < 4.78 is 0. The first kappa shape index (κ1) is 14.8. The molecule has 1 N–H and O–H groups in total. The van der Waals surface area contributed by atoms with Crippen molar-refractivity contribution in [2.24, 2.45) is 0 Å². The average Bonchev–Trinajstić information content (AvgIpc) is 2.42. The minimum Gasteiger partial charge on any atom is -0.381 e. The summed E-state index contributed by atoms with van der Waals surface area (Å²) in [5.74, 6) is 0. The van der Waals surface area contributed by atoms with Crippen LogP contribution in [0.15, 0.2) is 42.5 Å². The molecule has 0 amide bonds. The molecule has 20 heavy (non-hydrogen) atoms. The lowest BCUT2D eigenvalue weighted by atomic mass is 9.86. The first-order valence-corrected chi connectivity index (χ1v) is 7.34. The quantitative estimate of drug-likeness (QED) is 0.865. The molecular weight excluding hydrogens is 244 g/mol. The van der Waals surface area contributed by atoms with E-state index in [4.69, 9.17) is 0 Å². The smallest absolute Gasteiger partial charge is 0.112 e. The monoisotopic (exact) mass is 268 g/mol. The lowest BCUT2D eigenvalue weighted by Crippen LogP contribution is -2.23. The first-order valence-electron chi connectivity index (χ1n) is 7.34. The van der Waals surface area contributed by atoms with Gasteiger partial charge in [0.15, 0.2) is 0 Å². The molecule has 1 atom stereocenters. The predicted molar refractivity (Wildman–Crippen MR) is 85.0 cm³/mol. The Morgan fingerprint density at radius 1 is 0.950 bits per heavy atom. The van der Waals surface area contributed by atoms with E-state index in [1.54, 1.807) is 0 Å². The van der Waals surface area contributed by atoms with Gasteiger partial charge >= 0.3 is 0 Å². The molecule has 0 aliphatic carbocycles. The minimum absolute atomic E-state index is 0.942. The lowest BCUT2D eigenvalue weighted by molar-refractivity contribution is 0.102. The molecule has 1 heteroatoms. The van der Waals surface area contributed by atoms with E-state index in [1.165, 1.54) is 16.7 Å². The van der Waals surface area contributed by atoms with Gasteiger partial charge in [-0.25, -0.2) is 0 Å². The van der Waals surface area contributed by atoms with Gasteiger partial charge in [-0.05, 0) is 55.0 Å². The van der Waals surface area contributed by atoms with Gasteiger partial charge in [0.25, 0.3) is 0 Å². The van der Waals surface area contributed by atoms with E-state index < -0.39 is 5.60 Å². The van der Waals surface area contributed by atoms with Crippen molar-refractivity contribution in [2.45, 2.75) is 46.1 Å². The van der Waals surface area contributed by atoms with E-state index in [2.05, 4.69) is 45.0 Å². The van der Waals surface area contributed by atoms with Crippen molar-refractivity contribution < 1.29 is 5.11 Å². The van der Waals surface area contributed by atoms with Gasteiger partial charge in [0.2, 0.25) is 0 Å². The van der Waals surface area contributed by atoms with Crippen LogP contribution in [0.5, 0.6) is 0 Å². The van der Waals surface area contributed by atoms with E-state index in [9.17, 15) is 5.11 Å². The molecular formula is C19H24O. The molecule has 0 saturated carbocycles. The maximum atomic E-state index is 11.0. The van der Waals surface area contributed by atoms with Crippen LogP contribution in [0.3, 0.4) is 0 Å². The highest BCUT2D eigenvalue weighted by atomic mass is 16.3. The standard InChI is InChI=1S/C19H24O/c1-5-7-16-8-6-9-17(13-16)19(4,20)18-11-10-14(2)15(3)12-18/h6,8-13,20H,5,7H2,1-4H3. The molecule has 2 aromatic carbocycles. The number of aliphatic hydroxyl groups is 1. The lowest BCUT2D eigenvalue weighted by Gasteiger charge is -2.26. The van der Waals surface area contributed by atoms with Gasteiger partial charge in [-0.15, -0.1) is 0 Å². The second-order valence-corrected chi connectivity index (χ2v) is 5.82. The van der Waals surface area contributed by atoms with E-state index >= 15 is 0 Å². The summed E-state index contributed by atoms with van der Waals surface area (Å²) in [6, 6.07) is 14.5. The van der Waals surface area contributed by atoms with Gasteiger partial charge in [0, 0.05) is 0 Å². The molecule has 1 nitrogen and oxygen atoms in total. The molecule has 0 bridgehead atoms. The molecule has 0 radical (unpaired) electrons. The van der Waals surface area contributed by atoms with Crippen molar-refractivity contribution in [3.63, 3.8) is 0 Å². The Bertz CT molecular complexity index is 596. The molecule has 0 saturated heterocycles. The van der Waals surface area contributed by atoms with E-state index in [0.717, 1.165) is 24.0 Å². The molecule has 106 valence electrons. The van der Waals surface area contributed by atoms with Crippen LogP contribution >= 0.6 is 0 Å². The van der Waals surface area contributed by atoms with E-state index in [0.29, 0.717) is 0 Å². The molecule has 0 spiro atoms. The average molecular weight is 268 g/mol. The fourth-order valence-electron chi connectivity index (χ4n) is 2.53. The van der Waals surface area contributed by atoms with Crippen molar-refractivity contribution in [3.8, 4) is 0 Å². The van der Waals surface area contributed by atoms with Crippen LogP contribution in [0.1, 0.15) is 48.1 Å². The van der Waals surface area contributed by atoms with Gasteiger partial charge < -0.3 is 5.11 Å². The third-order valence-electron chi connectivity index (χ3n) is 4.10. The van der Waals surface area contributed by atoms with Crippen LogP contribution in [0.4, 0.5) is 0 Å². The third-order valence-corrected chi connectivity index (χ3v) is 4.10. The summed E-state index contributed by atoms with van der Waals surface area (Å²) >= 11 is 0. The first-order chi connectivity index (χ1) is 9.45. The molecule has 2 aromatic rings. The number of aryl methyl sites for hydroxylation is 3. The molecule has 0 aliphatic heterocycles. The van der Waals surface area contributed by atoms with Gasteiger partial charge in [0.1, 0.15) is 5.60 Å². The van der Waals surface area contributed by atoms with Gasteiger partial charge in [-0.1, -0.05) is 55.8 Å². The van der Waals surface area contributed by atoms with Crippen molar-refractivity contribution in [1.29, 1.82) is 0 Å². The van der Waals surface area contributed by atoms with Crippen LogP contribution in [-0.2, 0) is 12.0 Å². The van der Waals surface area contributed by atoms with Gasteiger partial charge in [-0.2, -0.15) is 0 Å². The molecule has 0 heterocycles. The fraction of sp³-hybridized carbons (Fsp3) is 0.368. The largest absolute Gasteiger partial charge is 0.381 e. The highest BCUT2D eigenvalue weighted by molar-refractivity contribution is 5.40. The van der Waals surface area contributed by atoms with Crippen molar-refractivity contribution in [2.75, 3.05) is 0 Å². The second-order valence-electron chi connectivity index (χ2n) is 5.82. The Kier molecular flexibility index (Phi) is 4.29. The highest BCUT2D eigenvalue weighted by Crippen LogP contribution is 2.30. The Morgan fingerprint density at radius 3 is 2.30 bits per heavy atom. The molecule has 0 aliphatic rings. The molecule has 0 aromatic heterocycles. The molecule has 0 fully saturated rings. The van der Waals surface area contributed by atoms with Crippen molar-refractivity contribution >= 4 is 0 Å². The van der Waals surface area contributed by atoms with Crippen LogP contribution in [0.2, 0.25) is 0 Å². The van der Waals surface area contributed by atoms with E-state index in [1.807, 2.05) is 25.1 Å². The van der Waals surface area contributed by atoms with Gasteiger partial charge in [0.05, 0.1) is 0 Å². The summed E-state index contributed by atoms with van der Waals surface area (Å²) in [7, 11) is 0. The van der Waals surface area contributed by atoms with E-state index in [-0.39, 0.29) is 0 Å². The van der Waals surface area contributed by atoms with Crippen LogP contribution < -0.4 is 0 Å². The normalized spacial score (nSPS) is 14.1. The maximum Gasteiger partial charge on any atom is 0.112 e. The van der Waals surface area contributed by atoms with Gasteiger partial charge in [-0.3, -0.25) is 0 Å². The predicted octanol–water partition coefficient (Wildman–Crippen LogP) is 4.51. The molecule has 1 unspecified atom stereocenters. The third kappa shape index (κ3) is 2.94. The van der Waals surface area contributed by atoms with Crippen molar-refractivity contribution in [1.82, 2.24) is 0 Å². The number of benzene rings is 2. The number of rotatable bonds is 4. The van der Waals surface area contributed by atoms with Crippen molar-refractivity contribution in [3.05, 3.63) is 70.3 Å². The maximum absolute atomic E-state index is 11.0. The summed E-state index contributed by atoms with van der Waals surface area (Å²) in [6.45, 7) is 8.23. The topological polar surface area (TPSA) is 20.2 Å². The second kappa shape index (κ2) is 5.80. The zero-order chi connectivity index (χ0) is 14.8. The fourth-order valence-corrected chi connectivity index (χ4v) is 2.53. The highest BCUT2D eigenvalue weighted by Gasteiger charge is 2.25. The summed E-state index contributed by atoms with van der Waals surface area (Å²) in [6.07, 6.45) is 2.17. The number of hydrogen-bond donors (Lipinski definition) is 1. The van der Waals surface area contributed by atoms with Crippen LogP contribution in [-0.4, -0.2) is 5.11 Å². The SMILES string of the molecule is CCCc1cccc(C(C)(O)c2ccc(C)c(C)c2)c1. The Labute approximate surface area is 122 Å². The Balaban J connectivity index is 2.42. The number of hydrogen-bond acceptors (Lipinski definition) is 1. The van der Waals surface area contributed by atoms with Crippen LogP contribution in [0.25, 0.3) is 0 Å². The molecule has 2 rings (SSSR count). The summed E-state index contributed by atoms with van der Waals surface area (Å²) in [4.78, 5) is 0.